The molecule has 0 spiro atoms. The molecule has 1 atom stereocenters. The number of carbonyl (C=O) groups is 1. The van der Waals surface area contributed by atoms with Crippen LogP contribution in [0.5, 0.6) is 0 Å². The van der Waals surface area contributed by atoms with E-state index in [1.165, 1.54) is 22.2 Å². The number of fused-ring (bicyclic) bond motifs is 1. The molecule has 1 fully saturated rings. The Morgan fingerprint density at radius 1 is 1.36 bits per heavy atom. The number of aliphatic hydroxyl groups excluding tert-OH is 1. The number of amides is 1. The zero-order chi connectivity index (χ0) is 17.4. The van der Waals surface area contributed by atoms with E-state index < -0.39 is 0 Å². The topological polar surface area (TPSA) is 84.2 Å². The largest absolute Gasteiger partial charge is 0.393 e. The van der Waals surface area contributed by atoms with Crippen LogP contribution in [0.2, 0.25) is 0 Å². The lowest BCUT2D eigenvalue weighted by atomic mass is 9.77. The van der Waals surface area contributed by atoms with E-state index in [0.29, 0.717) is 23.1 Å². The highest BCUT2D eigenvalue weighted by atomic mass is 32.1. The van der Waals surface area contributed by atoms with Crippen LogP contribution < -0.4 is 10.9 Å². The number of nitrogens with zero attached hydrogens (tertiary/aromatic N) is 2. The smallest absolute Gasteiger partial charge is 0.271 e. The molecule has 4 rings (SSSR count). The summed E-state index contributed by atoms with van der Waals surface area (Å²) in [7, 11) is 0. The number of carbonyl (C=O) groups excluding carboxylic acids is 1. The van der Waals surface area contributed by atoms with Gasteiger partial charge in [0.2, 0.25) is 5.91 Å². The van der Waals surface area contributed by atoms with Gasteiger partial charge < -0.3 is 10.4 Å². The Hall–Kier alpha value is -2.03. The summed E-state index contributed by atoms with van der Waals surface area (Å²) in [5.41, 5.74) is 0.466. The first-order chi connectivity index (χ1) is 12.1. The van der Waals surface area contributed by atoms with Crippen LogP contribution in [0.1, 0.15) is 23.8 Å². The molecule has 0 aromatic carbocycles. The summed E-state index contributed by atoms with van der Waals surface area (Å²) in [5.74, 6) is 0.00631. The molecule has 3 aromatic rings. The molecule has 8 heteroatoms. The average Bonchev–Trinajstić information content (AvgIpc) is 3.24. The van der Waals surface area contributed by atoms with Crippen molar-refractivity contribution in [1.29, 1.82) is 0 Å². The van der Waals surface area contributed by atoms with Crippen LogP contribution in [0.15, 0.2) is 40.1 Å². The molecule has 0 radical (unpaired) electrons. The molecule has 1 aliphatic rings. The van der Waals surface area contributed by atoms with Crippen molar-refractivity contribution in [2.75, 3.05) is 0 Å². The van der Waals surface area contributed by atoms with E-state index in [1.807, 2.05) is 22.9 Å². The summed E-state index contributed by atoms with van der Waals surface area (Å²) in [6, 6.07) is 5.62. The van der Waals surface area contributed by atoms with E-state index in [9.17, 15) is 14.7 Å². The molecule has 1 saturated carbocycles. The maximum Gasteiger partial charge on any atom is 0.271 e. The van der Waals surface area contributed by atoms with E-state index in [4.69, 9.17) is 0 Å². The van der Waals surface area contributed by atoms with Crippen LogP contribution in [-0.4, -0.2) is 26.7 Å². The second-order valence-corrected chi connectivity index (χ2v) is 8.15. The van der Waals surface area contributed by atoms with Crippen LogP contribution in [0.25, 0.3) is 10.2 Å². The third kappa shape index (κ3) is 3.24. The summed E-state index contributed by atoms with van der Waals surface area (Å²) in [4.78, 5) is 30.2. The molecule has 0 unspecified atom stereocenters. The maximum atomic E-state index is 12.5. The highest BCUT2D eigenvalue weighted by molar-refractivity contribution is 7.17. The second kappa shape index (κ2) is 6.70. The molecule has 1 aliphatic carbocycles. The lowest BCUT2D eigenvalue weighted by Crippen LogP contribution is -2.42. The van der Waals surface area contributed by atoms with Gasteiger partial charge in [-0.15, -0.1) is 22.7 Å². The van der Waals surface area contributed by atoms with E-state index in [0.717, 1.165) is 4.88 Å². The number of rotatable bonds is 5. The molecule has 0 aliphatic heterocycles. The number of hydrogen-bond donors (Lipinski definition) is 2. The van der Waals surface area contributed by atoms with Gasteiger partial charge >= 0.3 is 0 Å². The second-order valence-electron chi connectivity index (χ2n) is 6.26. The number of aromatic nitrogens is 2. The first-order valence-electron chi connectivity index (χ1n) is 8.05. The zero-order valence-corrected chi connectivity index (χ0v) is 14.9. The molecule has 3 aromatic heterocycles. The van der Waals surface area contributed by atoms with Crippen molar-refractivity contribution >= 4 is 38.8 Å². The van der Waals surface area contributed by atoms with Crippen molar-refractivity contribution in [2.45, 2.75) is 31.5 Å². The van der Waals surface area contributed by atoms with Gasteiger partial charge in [0.05, 0.1) is 24.0 Å². The number of thiophene rings is 2. The van der Waals surface area contributed by atoms with Crippen molar-refractivity contribution < 1.29 is 9.90 Å². The van der Waals surface area contributed by atoms with Crippen LogP contribution >= 0.6 is 22.7 Å². The Labute approximate surface area is 151 Å². The highest BCUT2D eigenvalue weighted by Crippen LogP contribution is 2.39. The number of hydrogen-bond acceptors (Lipinski definition) is 6. The van der Waals surface area contributed by atoms with E-state index in [2.05, 4.69) is 10.3 Å². The fourth-order valence-corrected chi connectivity index (χ4v) is 4.82. The summed E-state index contributed by atoms with van der Waals surface area (Å²) >= 11 is 2.92. The van der Waals surface area contributed by atoms with Crippen LogP contribution in [-0.2, 0) is 11.3 Å². The minimum absolute atomic E-state index is 0.0587. The van der Waals surface area contributed by atoms with E-state index >= 15 is 0 Å². The van der Waals surface area contributed by atoms with Gasteiger partial charge in [0, 0.05) is 4.88 Å². The van der Waals surface area contributed by atoms with Crippen LogP contribution in [0, 0.1) is 5.92 Å². The highest BCUT2D eigenvalue weighted by Gasteiger charge is 2.36. The average molecular weight is 375 g/mol. The summed E-state index contributed by atoms with van der Waals surface area (Å²) in [5, 5.41) is 16.4. The van der Waals surface area contributed by atoms with Gasteiger partial charge in [0.1, 0.15) is 11.2 Å². The van der Waals surface area contributed by atoms with Gasteiger partial charge in [-0.1, -0.05) is 6.07 Å². The first-order valence-corrected chi connectivity index (χ1v) is 9.81. The van der Waals surface area contributed by atoms with Crippen molar-refractivity contribution in [3.8, 4) is 0 Å². The lowest BCUT2D eigenvalue weighted by Gasteiger charge is -2.37. The third-order valence-corrected chi connectivity index (χ3v) is 6.38. The minimum Gasteiger partial charge on any atom is -0.393 e. The van der Waals surface area contributed by atoms with Gasteiger partial charge in [-0.2, -0.15) is 0 Å². The van der Waals surface area contributed by atoms with Crippen LogP contribution in [0.4, 0.5) is 0 Å². The molecule has 6 nitrogen and oxygen atoms in total. The zero-order valence-electron chi connectivity index (χ0n) is 13.3. The summed E-state index contributed by atoms with van der Waals surface area (Å²) in [6.07, 6.45) is 2.51. The standard InChI is InChI=1S/C17H17N3O3S2/c21-11-6-10(7-11)15(13-2-1-4-24-13)19-14(22)8-20-9-18-12-3-5-25-16(12)17(20)23/h1-5,9-11,15,21H,6-8H2,(H,19,22)/t10?,11?,15-/m1/s1. The van der Waals surface area contributed by atoms with Crippen LogP contribution in [0.3, 0.4) is 0 Å². The summed E-state index contributed by atoms with van der Waals surface area (Å²) in [6.45, 7) is -0.0587. The molecule has 1 amide bonds. The Morgan fingerprint density at radius 2 is 2.20 bits per heavy atom. The van der Waals surface area contributed by atoms with E-state index in [-0.39, 0.29) is 36.1 Å². The quantitative estimate of drug-likeness (QED) is 0.716. The monoisotopic (exact) mass is 375 g/mol. The predicted octanol–water partition coefficient (Wildman–Crippen LogP) is 2.15. The van der Waals surface area contributed by atoms with Gasteiger partial charge in [-0.25, -0.2) is 4.98 Å². The van der Waals surface area contributed by atoms with Crippen molar-refractivity contribution in [2.24, 2.45) is 5.92 Å². The summed E-state index contributed by atoms with van der Waals surface area (Å²) < 4.78 is 1.90. The fraction of sp³-hybridized carbons (Fsp3) is 0.353. The SMILES string of the molecule is O=C(Cn1cnc2ccsc2c1=O)N[C@@H](c1cccs1)C1CC(O)C1. The molecule has 2 N–H and O–H groups in total. The molecule has 0 bridgehead atoms. The van der Waals surface area contributed by atoms with Gasteiger partial charge in [-0.05, 0) is 41.7 Å². The Morgan fingerprint density at radius 3 is 2.92 bits per heavy atom. The Kier molecular flexibility index (Phi) is 4.41. The Balaban J connectivity index is 1.51. The van der Waals surface area contributed by atoms with Gasteiger partial charge in [0.25, 0.3) is 5.56 Å². The molecule has 130 valence electrons. The lowest BCUT2D eigenvalue weighted by molar-refractivity contribution is -0.123. The van der Waals surface area contributed by atoms with Crippen molar-refractivity contribution in [3.63, 3.8) is 0 Å². The maximum absolute atomic E-state index is 12.5. The fourth-order valence-electron chi connectivity index (χ4n) is 3.16. The van der Waals surface area contributed by atoms with E-state index in [1.54, 1.807) is 17.4 Å². The van der Waals surface area contributed by atoms with Crippen molar-refractivity contribution in [1.82, 2.24) is 14.9 Å². The normalized spacial score (nSPS) is 21.0. The molecule has 0 saturated heterocycles. The predicted molar refractivity (Wildman–Crippen MR) is 97.8 cm³/mol. The molecule has 25 heavy (non-hydrogen) atoms. The van der Waals surface area contributed by atoms with Crippen molar-refractivity contribution in [3.05, 3.63) is 50.5 Å². The molecular weight excluding hydrogens is 358 g/mol. The number of aliphatic hydroxyl groups is 1. The first kappa shape index (κ1) is 16.4. The third-order valence-electron chi connectivity index (χ3n) is 4.54. The van der Waals surface area contributed by atoms with Gasteiger partial charge in [0.15, 0.2) is 0 Å². The molecule has 3 heterocycles. The minimum atomic E-state index is -0.280. The number of nitrogens with one attached hydrogen (secondary N) is 1. The molecular formula is C17H17N3O3S2. The Bertz CT molecular complexity index is 942. The van der Waals surface area contributed by atoms with Gasteiger partial charge in [-0.3, -0.25) is 14.2 Å².